The first-order valence-corrected chi connectivity index (χ1v) is 11.0. The molecule has 0 aliphatic carbocycles. The Morgan fingerprint density at radius 2 is 1.71 bits per heavy atom. The van der Waals surface area contributed by atoms with Crippen LogP contribution < -0.4 is 4.74 Å². The fourth-order valence-corrected chi connectivity index (χ4v) is 4.22. The molecule has 0 aliphatic heterocycles. The highest BCUT2D eigenvalue weighted by Gasteiger charge is 2.15. The van der Waals surface area contributed by atoms with E-state index in [9.17, 15) is 0 Å². The van der Waals surface area contributed by atoms with Gasteiger partial charge in [-0.1, -0.05) is 54.2 Å². The van der Waals surface area contributed by atoms with Crippen LogP contribution in [0.2, 0.25) is 0 Å². The fraction of sp³-hybridized carbons (Fsp3) is 0.160. The van der Waals surface area contributed by atoms with Gasteiger partial charge in [0.15, 0.2) is 11.0 Å². The van der Waals surface area contributed by atoms with Gasteiger partial charge < -0.3 is 9.30 Å². The van der Waals surface area contributed by atoms with Crippen molar-refractivity contribution in [3.8, 4) is 23.2 Å². The largest absolute Gasteiger partial charge is 0.497 e. The highest BCUT2D eigenvalue weighted by atomic mass is 32.2. The summed E-state index contributed by atoms with van der Waals surface area (Å²) in [5.74, 6) is 2.37. The second kappa shape index (κ2) is 9.96. The summed E-state index contributed by atoms with van der Waals surface area (Å²) >= 11 is 1.63. The Kier molecular flexibility index (Phi) is 6.65. The molecule has 0 spiro atoms. The maximum absolute atomic E-state index is 9.14. The molecule has 4 rings (SSSR count). The zero-order valence-electron chi connectivity index (χ0n) is 17.2. The number of hydrogen-bond acceptors (Lipinski definition) is 5. The van der Waals surface area contributed by atoms with Gasteiger partial charge in [0, 0.05) is 17.9 Å². The summed E-state index contributed by atoms with van der Waals surface area (Å²) in [6.07, 6.45) is 0.888. The summed E-state index contributed by atoms with van der Waals surface area (Å²) in [5, 5.41) is 19.0. The standard InChI is InChI=1S/C25H22N4OS/c1-30-23-12-10-22(11-13-23)24-27-28-25(29(24)15-14-19-6-3-2-4-7-19)31-18-21-9-5-8-20(16-21)17-26/h2-13,16H,14-15,18H2,1H3. The van der Waals surface area contributed by atoms with Gasteiger partial charge in [0.2, 0.25) is 0 Å². The summed E-state index contributed by atoms with van der Waals surface area (Å²) in [6.45, 7) is 0.777. The van der Waals surface area contributed by atoms with E-state index >= 15 is 0 Å². The monoisotopic (exact) mass is 426 g/mol. The molecule has 6 heteroatoms. The molecule has 0 aliphatic rings. The first kappa shape index (κ1) is 20.7. The first-order chi connectivity index (χ1) is 15.3. The molecule has 0 atom stereocenters. The number of hydrogen-bond donors (Lipinski definition) is 0. The molecule has 5 nitrogen and oxygen atoms in total. The van der Waals surface area contributed by atoms with Crippen LogP contribution in [-0.4, -0.2) is 21.9 Å². The topological polar surface area (TPSA) is 63.7 Å². The minimum atomic E-state index is 0.669. The van der Waals surface area contributed by atoms with Crippen LogP contribution in [0.3, 0.4) is 0 Å². The third-order valence-electron chi connectivity index (χ3n) is 4.96. The molecule has 31 heavy (non-hydrogen) atoms. The van der Waals surface area contributed by atoms with Crippen molar-refractivity contribution in [3.63, 3.8) is 0 Å². The molecule has 3 aromatic carbocycles. The summed E-state index contributed by atoms with van der Waals surface area (Å²) < 4.78 is 7.46. The van der Waals surface area contributed by atoms with Crippen LogP contribution in [0.4, 0.5) is 0 Å². The smallest absolute Gasteiger partial charge is 0.191 e. The predicted octanol–water partition coefficient (Wildman–Crippen LogP) is 5.36. The number of methoxy groups -OCH3 is 1. The van der Waals surface area contributed by atoms with Crippen LogP contribution in [0.1, 0.15) is 16.7 Å². The summed E-state index contributed by atoms with van der Waals surface area (Å²) in [4.78, 5) is 0. The van der Waals surface area contributed by atoms with E-state index in [4.69, 9.17) is 10.00 Å². The van der Waals surface area contributed by atoms with Crippen LogP contribution in [0, 0.1) is 11.3 Å². The third-order valence-corrected chi connectivity index (χ3v) is 5.99. The molecular formula is C25H22N4OS. The third kappa shape index (κ3) is 5.14. The van der Waals surface area contributed by atoms with E-state index < -0.39 is 0 Å². The van der Waals surface area contributed by atoms with Crippen LogP contribution in [-0.2, 0) is 18.7 Å². The van der Waals surface area contributed by atoms with E-state index in [-0.39, 0.29) is 0 Å². The number of aryl methyl sites for hydroxylation is 1. The number of nitrogens with zero attached hydrogens (tertiary/aromatic N) is 4. The zero-order valence-corrected chi connectivity index (χ0v) is 18.0. The van der Waals surface area contributed by atoms with Gasteiger partial charge in [-0.2, -0.15) is 5.26 Å². The second-order valence-electron chi connectivity index (χ2n) is 7.02. The van der Waals surface area contributed by atoms with Gasteiger partial charge in [-0.15, -0.1) is 10.2 Å². The van der Waals surface area contributed by atoms with E-state index in [1.807, 2.05) is 54.6 Å². The lowest BCUT2D eigenvalue weighted by Crippen LogP contribution is -2.05. The van der Waals surface area contributed by atoms with E-state index in [1.54, 1.807) is 18.9 Å². The lowest BCUT2D eigenvalue weighted by Gasteiger charge is -2.11. The molecule has 0 N–H and O–H groups in total. The lowest BCUT2D eigenvalue weighted by molar-refractivity contribution is 0.415. The van der Waals surface area contributed by atoms with Crippen molar-refractivity contribution in [2.75, 3.05) is 7.11 Å². The minimum absolute atomic E-state index is 0.669. The van der Waals surface area contributed by atoms with Crippen molar-refractivity contribution in [2.24, 2.45) is 0 Å². The van der Waals surface area contributed by atoms with E-state index in [0.717, 1.165) is 46.6 Å². The highest BCUT2D eigenvalue weighted by Crippen LogP contribution is 2.28. The molecule has 0 unspecified atom stereocenters. The number of thioether (sulfide) groups is 1. The summed E-state index contributed by atoms with van der Waals surface area (Å²) in [5.41, 5.74) is 4.03. The van der Waals surface area contributed by atoms with Crippen molar-refractivity contribution >= 4 is 11.8 Å². The molecule has 0 saturated carbocycles. The number of rotatable bonds is 8. The van der Waals surface area contributed by atoms with Crippen LogP contribution >= 0.6 is 11.8 Å². The van der Waals surface area contributed by atoms with Crippen molar-refractivity contribution in [2.45, 2.75) is 23.9 Å². The van der Waals surface area contributed by atoms with Gasteiger partial charge in [-0.05, 0) is 53.9 Å². The van der Waals surface area contributed by atoms with Gasteiger partial charge in [0.1, 0.15) is 5.75 Å². The van der Waals surface area contributed by atoms with Crippen molar-refractivity contribution in [1.29, 1.82) is 5.26 Å². The van der Waals surface area contributed by atoms with Crippen molar-refractivity contribution < 1.29 is 4.74 Å². The zero-order chi connectivity index (χ0) is 21.5. The normalized spacial score (nSPS) is 10.6. The molecule has 0 amide bonds. The Hall–Kier alpha value is -3.56. The molecule has 0 radical (unpaired) electrons. The SMILES string of the molecule is COc1ccc(-c2nnc(SCc3cccc(C#N)c3)n2CCc2ccccc2)cc1. The second-order valence-corrected chi connectivity index (χ2v) is 7.97. The van der Waals surface area contributed by atoms with Crippen LogP contribution in [0.15, 0.2) is 84.0 Å². The number of aromatic nitrogens is 3. The average Bonchev–Trinajstić information content (AvgIpc) is 3.25. The lowest BCUT2D eigenvalue weighted by atomic mass is 10.1. The summed E-state index contributed by atoms with van der Waals surface area (Å²) in [7, 11) is 1.66. The van der Waals surface area contributed by atoms with E-state index in [1.165, 1.54) is 5.56 Å². The Balaban J connectivity index is 1.60. The van der Waals surface area contributed by atoms with Gasteiger partial charge in [0.05, 0.1) is 18.7 Å². The van der Waals surface area contributed by atoms with Crippen molar-refractivity contribution in [1.82, 2.24) is 14.8 Å². The Morgan fingerprint density at radius 3 is 2.45 bits per heavy atom. The summed E-state index contributed by atoms with van der Waals surface area (Å²) in [6, 6.07) is 28.2. The Morgan fingerprint density at radius 1 is 0.935 bits per heavy atom. The molecular weight excluding hydrogens is 404 g/mol. The van der Waals surface area contributed by atoms with Crippen LogP contribution in [0.5, 0.6) is 5.75 Å². The van der Waals surface area contributed by atoms with Gasteiger partial charge >= 0.3 is 0 Å². The predicted molar refractivity (Wildman–Crippen MR) is 123 cm³/mol. The minimum Gasteiger partial charge on any atom is -0.497 e. The Bertz CT molecular complexity index is 1180. The number of ether oxygens (including phenoxy) is 1. The van der Waals surface area contributed by atoms with E-state index in [0.29, 0.717) is 5.56 Å². The highest BCUT2D eigenvalue weighted by molar-refractivity contribution is 7.98. The molecule has 4 aromatic rings. The molecule has 1 aromatic heterocycles. The molecule has 0 fully saturated rings. The van der Waals surface area contributed by atoms with Gasteiger partial charge in [-0.25, -0.2) is 0 Å². The van der Waals surface area contributed by atoms with E-state index in [2.05, 4.69) is 45.1 Å². The number of nitriles is 1. The van der Waals surface area contributed by atoms with Crippen molar-refractivity contribution in [3.05, 3.63) is 95.6 Å². The molecule has 0 bridgehead atoms. The number of benzene rings is 3. The Labute approximate surface area is 186 Å². The first-order valence-electron chi connectivity index (χ1n) is 10.00. The molecule has 154 valence electrons. The van der Waals surface area contributed by atoms with Gasteiger partial charge in [0.25, 0.3) is 0 Å². The molecule has 1 heterocycles. The quantitative estimate of drug-likeness (QED) is 0.355. The maximum Gasteiger partial charge on any atom is 0.191 e. The maximum atomic E-state index is 9.14. The molecule has 0 saturated heterocycles. The average molecular weight is 427 g/mol. The van der Waals surface area contributed by atoms with Gasteiger partial charge in [-0.3, -0.25) is 0 Å². The van der Waals surface area contributed by atoms with Crippen LogP contribution in [0.25, 0.3) is 11.4 Å². The fourth-order valence-electron chi connectivity index (χ4n) is 3.31.